The first-order chi connectivity index (χ1) is 10.5. The molecule has 0 unspecified atom stereocenters. The third-order valence-corrected chi connectivity index (χ3v) is 2.94. The Morgan fingerprint density at radius 1 is 0.591 bits per heavy atom. The van der Waals surface area contributed by atoms with Crippen molar-refractivity contribution in [3.05, 3.63) is 58.3 Å². The normalized spacial score (nSPS) is 9.27. The van der Waals surface area contributed by atoms with E-state index >= 15 is 0 Å². The van der Waals surface area contributed by atoms with E-state index in [-0.39, 0.29) is 0 Å². The van der Waals surface area contributed by atoms with Gasteiger partial charge in [0.2, 0.25) is 0 Å². The van der Waals surface area contributed by atoms with Gasteiger partial charge in [0.15, 0.2) is 0 Å². The summed E-state index contributed by atoms with van der Waals surface area (Å²) < 4.78 is 0. The van der Waals surface area contributed by atoms with E-state index in [1.165, 1.54) is 0 Å². The van der Waals surface area contributed by atoms with Crippen molar-refractivity contribution in [2.75, 3.05) is 38.0 Å². The van der Waals surface area contributed by atoms with Gasteiger partial charge in [-0.05, 0) is 58.9 Å². The van der Waals surface area contributed by atoms with Crippen LogP contribution >= 0.6 is 0 Å². The van der Waals surface area contributed by atoms with Gasteiger partial charge in [-0.15, -0.1) is 9.81 Å². The van der Waals surface area contributed by atoms with Gasteiger partial charge >= 0.3 is 0 Å². The van der Waals surface area contributed by atoms with Crippen molar-refractivity contribution in [2.24, 2.45) is 10.4 Å². The molecule has 6 heteroatoms. The van der Waals surface area contributed by atoms with Crippen LogP contribution in [0.5, 0.6) is 0 Å². The van der Waals surface area contributed by atoms with Gasteiger partial charge in [0.25, 0.3) is 0 Å². The van der Waals surface area contributed by atoms with Crippen molar-refractivity contribution in [3.63, 3.8) is 0 Å². The second kappa shape index (κ2) is 8.51. The van der Waals surface area contributed by atoms with Gasteiger partial charge in [-0.25, -0.2) is 0 Å². The molecular weight excluding hydrogens is 280 g/mol. The molecule has 0 aliphatic carbocycles. The van der Waals surface area contributed by atoms with E-state index < -0.39 is 0 Å². The Labute approximate surface area is 130 Å². The van der Waals surface area contributed by atoms with Crippen LogP contribution in [0.4, 0.5) is 22.7 Å². The average Bonchev–Trinajstić information content (AvgIpc) is 2.55. The van der Waals surface area contributed by atoms with Crippen LogP contribution in [0, 0.1) is 9.81 Å². The van der Waals surface area contributed by atoms with E-state index in [2.05, 4.69) is 10.4 Å². The minimum atomic E-state index is 0.468. The third kappa shape index (κ3) is 5.32. The second-order valence-corrected chi connectivity index (χ2v) is 5.00. The van der Waals surface area contributed by atoms with E-state index in [9.17, 15) is 9.81 Å². The molecule has 0 heterocycles. The van der Waals surface area contributed by atoms with Gasteiger partial charge in [0.1, 0.15) is 11.4 Å². The fourth-order valence-electron chi connectivity index (χ4n) is 1.62. The minimum absolute atomic E-state index is 0.468. The van der Waals surface area contributed by atoms with Crippen LogP contribution in [0.1, 0.15) is 0 Å². The van der Waals surface area contributed by atoms with E-state index in [1.54, 1.807) is 24.3 Å². The summed E-state index contributed by atoms with van der Waals surface area (Å²) in [4.78, 5) is 24.0. The maximum Gasteiger partial charge on any atom is 0.108 e. The molecule has 0 saturated carbocycles. The van der Waals surface area contributed by atoms with Gasteiger partial charge < -0.3 is 9.80 Å². The van der Waals surface area contributed by atoms with Gasteiger partial charge in [-0.2, -0.15) is 0 Å². The van der Waals surface area contributed by atoms with Crippen LogP contribution in [0.25, 0.3) is 0 Å². The van der Waals surface area contributed by atoms with E-state index in [0.717, 1.165) is 11.4 Å². The highest BCUT2D eigenvalue weighted by Gasteiger charge is 1.94. The van der Waals surface area contributed by atoms with Crippen molar-refractivity contribution in [1.29, 1.82) is 0 Å². The number of benzene rings is 2. The average molecular weight is 300 g/mol. The Hall–Kier alpha value is -2.76. The Balaban J connectivity index is 0.000000220. The first kappa shape index (κ1) is 17.3. The lowest BCUT2D eigenvalue weighted by Crippen LogP contribution is -2.07. The summed E-state index contributed by atoms with van der Waals surface area (Å²) >= 11 is 0. The van der Waals surface area contributed by atoms with Crippen LogP contribution in [0.15, 0.2) is 58.9 Å². The summed E-state index contributed by atoms with van der Waals surface area (Å²) in [5.74, 6) is 0. The van der Waals surface area contributed by atoms with Gasteiger partial charge in [0.05, 0.1) is 0 Å². The molecule has 0 aliphatic rings. The maximum absolute atomic E-state index is 10.0. The molecule has 2 rings (SSSR count). The summed E-state index contributed by atoms with van der Waals surface area (Å²) in [5.41, 5.74) is 3.07. The summed E-state index contributed by atoms with van der Waals surface area (Å²) in [6, 6.07) is 14.2. The SMILES string of the molecule is CN(C)c1ccc(N=O)cc1.CN(C)c1ccc(N=O)cc1. The molecular formula is C16H20N4O2. The van der Waals surface area contributed by atoms with E-state index in [1.807, 2.05) is 62.3 Å². The van der Waals surface area contributed by atoms with Crippen LogP contribution in [-0.2, 0) is 0 Å². The predicted molar refractivity (Wildman–Crippen MR) is 92.4 cm³/mol. The summed E-state index contributed by atoms with van der Waals surface area (Å²) in [6.07, 6.45) is 0. The lowest BCUT2D eigenvalue weighted by atomic mass is 10.3. The zero-order chi connectivity index (χ0) is 16.5. The number of anilines is 2. The van der Waals surface area contributed by atoms with Gasteiger partial charge in [-0.3, -0.25) is 0 Å². The van der Waals surface area contributed by atoms with Crippen molar-refractivity contribution in [2.45, 2.75) is 0 Å². The number of rotatable bonds is 4. The maximum atomic E-state index is 10.0. The van der Waals surface area contributed by atoms with Crippen molar-refractivity contribution in [3.8, 4) is 0 Å². The number of hydrogen-bond acceptors (Lipinski definition) is 6. The largest absolute Gasteiger partial charge is 0.378 e. The zero-order valence-electron chi connectivity index (χ0n) is 13.2. The van der Waals surface area contributed by atoms with E-state index in [4.69, 9.17) is 0 Å². The first-order valence-corrected chi connectivity index (χ1v) is 6.69. The predicted octanol–water partition coefficient (Wildman–Crippen LogP) is 4.30. The molecule has 0 aliphatic heterocycles. The van der Waals surface area contributed by atoms with Crippen LogP contribution in [0.2, 0.25) is 0 Å². The molecule has 0 saturated heterocycles. The van der Waals surface area contributed by atoms with Crippen molar-refractivity contribution in [1.82, 2.24) is 0 Å². The Morgan fingerprint density at radius 3 is 1.05 bits per heavy atom. The topological polar surface area (TPSA) is 65.3 Å². The van der Waals surface area contributed by atoms with Crippen molar-refractivity contribution < 1.29 is 0 Å². The van der Waals surface area contributed by atoms with Crippen molar-refractivity contribution >= 4 is 22.7 Å². The highest BCUT2D eigenvalue weighted by Crippen LogP contribution is 2.17. The molecule has 0 radical (unpaired) electrons. The second-order valence-electron chi connectivity index (χ2n) is 5.00. The third-order valence-electron chi connectivity index (χ3n) is 2.94. The standard InChI is InChI=1S/2C8H10N2O/c2*1-10(2)8-5-3-7(9-11)4-6-8/h2*3-6H,1-2H3. The molecule has 22 heavy (non-hydrogen) atoms. The van der Waals surface area contributed by atoms with Gasteiger partial charge in [-0.1, -0.05) is 0 Å². The molecule has 116 valence electrons. The molecule has 0 spiro atoms. The number of nitroso groups, excluding NO2 is 2. The monoisotopic (exact) mass is 300 g/mol. The molecule has 0 bridgehead atoms. The van der Waals surface area contributed by atoms with Crippen LogP contribution in [0.3, 0.4) is 0 Å². The molecule has 2 aromatic rings. The zero-order valence-corrected chi connectivity index (χ0v) is 13.2. The fourth-order valence-corrected chi connectivity index (χ4v) is 1.62. The van der Waals surface area contributed by atoms with E-state index in [0.29, 0.717) is 11.4 Å². The molecule has 0 aromatic heterocycles. The highest BCUT2D eigenvalue weighted by molar-refractivity contribution is 5.52. The summed E-state index contributed by atoms with van der Waals surface area (Å²) in [5, 5.41) is 5.60. The summed E-state index contributed by atoms with van der Waals surface area (Å²) in [7, 11) is 7.79. The number of hydrogen-bond donors (Lipinski definition) is 0. The Morgan fingerprint density at radius 2 is 0.864 bits per heavy atom. The van der Waals surface area contributed by atoms with Crippen LogP contribution in [-0.4, -0.2) is 28.2 Å². The fraction of sp³-hybridized carbons (Fsp3) is 0.250. The molecule has 0 amide bonds. The molecule has 6 nitrogen and oxygen atoms in total. The molecule has 0 N–H and O–H groups in total. The summed E-state index contributed by atoms with van der Waals surface area (Å²) in [6.45, 7) is 0. The lowest BCUT2D eigenvalue weighted by Gasteiger charge is -2.10. The molecule has 2 aromatic carbocycles. The first-order valence-electron chi connectivity index (χ1n) is 6.69. The minimum Gasteiger partial charge on any atom is -0.378 e. The Bertz CT molecular complexity index is 537. The van der Waals surface area contributed by atoms with Crippen LogP contribution < -0.4 is 9.80 Å². The molecule has 0 atom stereocenters. The molecule has 0 fully saturated rings. The smallest absolute Gasteiger partial charge is 0.108 e. The lowest BCUT2D eigenvalue weighted by molar-refractivity contribution is 1.13. The Kier molecular flexibility index (Phi) is 6.69. The quantitative estimate of drug-likeness (QED) is 0.789. The number of nitrogens with zero attached hydrogens (tertiary/aromatic N) is 4. The van der Waals surface area contributed by atoms with Gasteiger partial charge in [0, 0.05) is 39.6 Å². The highest BCUT2D eigenvalue weighted by atomic mass is 16.3.